The van der Waals surface area contributed by atoms with Gasteiger partial charge in [-0.2, -0.15) is 9.41 Å². The van der Waals surface area contributed by atoms with Gasteiger partial charge < -0.3 is 10.1 Å². The number of morpholine rings is 1. The molecule has 0 unspecified atom stereocenters. The molecular weight excluding hydrogens is 476 g/mol. The molecule has 0 amide bonds. The van der Waals surface area contributed by atoms with Crippen molar-refractivity contribution in [3.05, 3.63) is 58.6 Å². The van der Waals surface area contributed by atoms with E-state index in [2.05, 4.69) is 31.8 Å². The third-order valence-corrected chi connectivity index (χ3v) is 7.11. The first-order valence-corrected chi connectivity index (χ1v) is 11.6. The van der Waals surface area contributed by atoms with Gasteiger partial charge in [-0.1, -0.05) is 34.1 Å². The maximum Gasteiger partial charge on any atom is 0.243 e. The Hall–Kier alpha value is -1.85. The van der Waals surface area contributed by atoms with Gasteiger partial charge in [-0.15, -0.1) is 0 Å². The summed E-state index contributed by atoms with van der Waals surface area (Å²) in [6.07, 6.45) is 0. The van der Waals surface area contributed by atoms with Crippen molar-refractivity contribution in [2.24, 2.45) is 5.10 Å². The van der Waals surface area contributed by atoms with Crippen LogP contribution in [-0.4, -0.2) is 49.9 Å². The molecule has 2 aromatic rings. The molecule has 0 atom stereocenters. The van der Waals surface area contributed by atoms with Gasteiger partial charge >= 0.3 is 0 Å². The molecule has 1 fully saturated rings. The van der Waals surface area contributed by atoms with Gasteiger partial charge in [0.1, 0.15) is 0 Å². The normalized spacial score (nSPS) is 15.7. The minimum absolute atomic E-state index is 0.242. The van der Waals surface area contributed by atoms with Crippen LogP contribution in [0.4, 0.5) is 5.69 Å². The van der Waals surface area contributed by atoms with E-state index in [4.69, 9.17) is 17.0 Å². The lowest BCUT2D eigenvalue weighted by atomic mass is 10.1. The van der Waals surface area contributed by atoms with E-state index >= 15 is 0 Å². The summed E-state index contributed by atoms with van der Waals surface area (Å²) in [5.41, 5.74) is 5.19. The number of hydrazone groups is 1. The molecule has 1 aliphatic rings. The number of ether oxygens (including phenoxy) is 1. The van der Waals surface area contributed by atoms with Gasteiger partial charge in [0.25, 0.3) is 0 Å². The smallest absolute Gasteiger partial charge is 0.243 e. The molecule has 0 bridgehead atoms. The summed E-state index contributed by atoms with van der Waals surface area (Å²) in [5, 5.41) is 7.59. The molecular formula is C19H21BrN4O3S2. The van der Waals surface area contributed by atoms with Gasteiger partial charge in [0.05, 0.1) is 23.8 Å². The minimum atomic E-state index is -3.51. The number of benzene rings is 2. The first-order chi connectivity index (χ1) is 13.9. The van der Waals surface area contributed by atoms with Crippen LogP contribution in [-0.2, 0) is 14.8 Å². The van der Waals surface area contributed by atoms with E-state index in [-0.39, 0.29) is 4.90 Å². The summed E-state index contributed by atoms with van der Waals surface area (Å²) in [4.78, 5) is 0.242. The maximum absolute atomic E-state index is 12.7. The zero-order valence-electron chi connectivity index (χ0n) is 15.8. The Morgan fingerprint density at radius 3 is 2.45 bits per heavy atom. The molecule has 0 spiro atoms. The van der Waals surface area contributed by atoms with E-state index in [1.54, 1.807) is 24.3 Å². The van der Waals surface area contributed by atoms with Crippen LogP contribution < -0.4 is 10.7 Å². The summed E-state index contributed by atoms with van der Waals surface area (Å²) in [6, 6.07) is 14.2. The van der Waals surface area contributed by atoms with E-state index < -0.39 is 10.0 Å². The molecule has 1 saturated heterocycles. The number of sulfonamides is 1. The second kappa shape index (κ2) is 9.77. The molecule has 154 valence electrons. The number of rotatable bonds is 5. The monoisotopic (exact) mass is 496 g/mol. The zero-order chi connectivity index (χ0) is 20.9. The third-order valence-electron chi connectivity index (χ3n) is 4.31. The van der Waals surface area contributed by atoms with E-state index in [1.807, 2.05) is 31.2 Å². The lowest BCUT2D eigenvalue weighted by molar-refractivity contribution is 0.0730. The summed E-state index contributed by atoms with van der Waals surface area (Å²) >= 11 is 8.76. The molecule has 2 N–H and O–H groups in total. The Bertz CT molecular complexity index is 1000. The molecule has 1 aliphatic heterocycles. The molecule has 7 nitrogen and oxygen atoms in total. The largest absolute Gasteiger partial charge is 0.379 e. The minimum Gasteiger partial charge on any atom is -0.379 e. The average Bonchev–Trinajstić information content (AvgIpc) is 2.73. The number of hydrogen-bond donors (Lipinski definition) is 2. The Balaban J connectivity index is 1.61. The van der Waals surface area contributed by atoms with Crippen molar-refractivity contribution >= 4 is 54.7 Å². The van der Waals surface area contributed by atoms with Crippen LogP contribution >= 0.6 is 28.1 Å². The van der Waals surface area contributed by atoms with Gasteiger partial charge in [0, 0.05) is 28.8 Å². The molecule has 0 radical (unpaired) electrons. The second-order valence-electron chi connectivity index (χ2n) is 6.28. The van der Waals surface area contributed by atoms with Crippen LogP contribution in [0, 0.1) is 0 Å². The lowest BCUT2D eigenvalue weighted by Gasteiger charge is -2.26. The van der Waals surface area contributed by atoms with Crippen LogP contribution in [0.5, 0.6) is 0 Å². The number of anilines is 1. The fourth-order valence-electron chi connectivity index (χ4n) is 2.75. The standard InChI is InChI=1S/C19H21BrN4O3S2/c1-14(17-4-2-3-5-18(17)20)22-23-19(28)21-15-6-8-16(9-7-15)29(25,26)24-10-12-27-13-11-24/h2-9H,10-13H2,1H3,(H2,21,23,28)/b22-14-. The van der Waals surface area contributed by atoms with Gasteiger partial charge in [0.15, 0.2) is 5.11 Å². The summed E-state index contributed by atoms with van der Waals surface area (Å²) in [7, 11) is -3.51. The number of nitrogens with one attached hydrogen (secondary N) is 2. The highest BCUT2D eigenvalue weighted by Crippen LogP contribution is 2.19. The summed E-state index contributed by atoms with van der Waals surface area (Å²) in [5.74, 6) is 0. The number of hydrogen-bond acceptors (Lipinski definition) is 5. The van der Waals surface area contributed by atoms with E-state index in [9.17, 15) is 8.42 Å². The van der Waals surface area contributed by atoms with E-state index in [0.717, 1.165) is 15.7 Å². The van der Waals surface area contributed by atoms with Crippen molar-refractivity contribution in [2.75, 3.05) is 31.6 Å². The molecule has 10 heteroatoms. The van der Waals surface area contributed by atoms with Crippen LogP contribution in [0.1, 0.15) is 12.5 Å². The predicted molar refractivity (Wildman–Crippen MR) is 122 cm³/mol. The predicted octanol–water partition coefficient (Wildman–Crippen LogP) is 3.18. The van der Waals surface area contributed by atoms with Crippen LogP contribution in [0.25, 0.3) is 0 Å². The number of nitrogens with zero attached hydrogens (tertiary/aromatic N) is 2. The highest BCUT2D eigenvalue weighted by molar-refractivity contribution is 9.10. The molecule has 0 saturated carbocycles. The fraction of sp³-hybridized carbons (Fsp3) is 0.263. The quantitative estimate of drug-likeness (QED) is 0.375. The van der Waals surface area contributed by atoms with Gasteiger partial charge in [-0.25, -0.2) is 8.42 Å². The van der Waals surface area contributed by atoms with Crippen molar-refractivity contribution in [3.63, 3.8) is 0 Å². The summed E-state index contributed by atoms with van der Waals surface area (Å²) in [6.45, 7) is 3.44. The lowest BCUT2D eigenvalue weighted by Crippen LogP contribution is -2.40. The zero-order valence-corrected chi connectivity index (χ0v) is 19.0. The van der Waals surface area contributed by atoms with Crippen LogP contribution in [0.2, 0.25) is 0 Å². The molecule has 2 aromatic carbocycles. The Kier molecular flexibility index (Phi) is 7.36. The highest BCUT2D eigenvalue weighted by atomic mass is 79.9. The highest BCUT2D eigenvalue weighted by Gasteiger charge is 2.26. The second-order valence-corrected chi connectivity index (χ2v) is 9.48. The fourth-order valence-corrected chi connectivity index (χ4v) is 4.90. The number of thiocarbonyl (C=S) groups is 1. The van der Waals surface area contributed by atoms with Crippen molar-refractivity contribution in [3.8, 4) is 0 Å². The molecule has 3 rings (SSSR count). The Labute approximate surface area is 184 Å². The van der Waals surface area contributed by atoms with Crippen LogP contribution in [0.15, 0.2) is 63.0 Å². The van der Waals surface area contributed by atoms with E-state index in [1.165, 1.54) is 4.31 Å². The Morgan fingerprint density at radius 2 is 1.79 bits per heavy atom. The first kappa shape index (κ1) is 21.8. The molecule has 1 heterocycles. The number of halogens is 1. The maximum atomic E-state index is 12.7. The van der Waals surface area contributed by atoms with Crippen molar-refractivity contribution < 1.29 is 13.2 Å². The Morgan fingerprint density at radius 1 is 1.14 bits per heavy atom. The van der Waals surface area contributed by atoms with Crippen molar-refractivity contribution in [1.82, 2.24) is 9.73 Å². The van der Waals surface area contributed by atoms with Gasteiger partial charge in [0.2, 0.25) is 10.0 Å². The van der Waals surface area contributed by atoms with Crippen molar-refractivity contribution in [2.45, 2.75) is 11.8 Å². The SMILES string of the molecule is C/C(=N/NC(=S)Nc1ccc(S(=O)(=O)N2CCOCC2)cc1)c1ccccc1Br. The summed E-state index contributed by atoms with van der Waals surface area (Å²) < 4.78 is 32.9. The third kappa shape index (κ3) is 5.61. The average molecular weight is 497 g/mol. The topological polar surface area (TPSA) is 83.0 Å². The van der Waals surface area contributed by atoms with Gasteiger partial charge in [-0.05, 0) is 49.5 Å². The molecule has 29 heavy (non-hydrogen) atoms. The first-order valence-electron chi connectivity index (χ1n) is 8.92. The van der Waals surface area contributed by atoms with Crippen molar-refractivity contribution in [1.29, 1.82) is 0 Å². The van der Waals surface area contributed by atoms with Gasteiger partial charge in [-0.3, -0.25) is 5.43 Å². The van der Waals surface area contributed by atoms with Crippen LogP contribution in [0.3, 0.4) is 0 Å². The van der Waals surface area contributed by atoms with E-state index in [0.29, 0.717) is 37.1 Å². The molecule has 0 aliphatic carbocycles. The molecule has 0 aromatic heterocycles.